The van der Waals surface area contributed by atoms with Crippen molar-refractivity contribution in [3.63, 3.8) is 0 Å². The highest BCUT2D eigenvalue weighted by atomic mass is 16.1. The van der Waals surface area contributed by atoms with Gasteiger partial charge in [-0.1, -0.05) is 32.0 Å². The molecule has 144 valence electrons. The predicted molar refractivity (Wildman–Crippen MR) is 109 cm³/mol. The van der Waals surface area contributed by atoms with Crippen LogP contribution in [0.1, 0.15) is 38.1 Å². The Morgan fingerprint density at radius 2 is 1.82 bits per heavy atom. The van der Waals surface area contributed by atoms with Crippen LogP contribution in [0.3, 0.4) is 0 Å². The summed E-state index contributed by atoms with van der Waals surface area (Å²) >= 11 is 0. The van der Waals surface area contributed by atoms with Crippen molar-refractivity contribution in [2.45, 2.75) is 33.7 Å². The molecule has 8 nitrogen and oxygen atoms in total. The third-order valence-electron chi connectivity index (χ3n) is 4.36. The lowest BCUT2D eigenvalue weighted by Gasteiger charge is -2.14. The zero-order chi connectivity index (χ0) is 20.3. The molecule has 4 aromatic rings. The van der Waals surface area contributed by atoms with Crippen LogP contribution < -0.4 is 11.3 Å². The standard InChI is InChI=1S/C18H17N7O.C2H6/c1-11-16-17(19)20-10-21-18(16)24(23-11)12(2)13-8-15(26)25(22-9-13)14-6-4-3-5-7-14;1-2/h3-10,12H,1-2H3,(H2,19,20,21);1-2H3. The van der Waals surface area contributed by atoms with Gasteiger partial charge in [-0.2, -0.15) is 14.9 Å². The molecule has 1 aromatic carbocycles. The molecule has 0 bridgehead atoms. The molecule has 28 heavy (non-hydrogen) atoms. The van der Waals surface area contributed by atoms with Crippen LogP contribution in [-0.4, -0.2) is 29.5 Å². The van der Waals surface area contributed by atoms with Crippen molar-refractivity contribution >= 4 is 16.9 Å². The number of hydrogen-bond acceptors (Lipinski definition) is 6. The van der Waals surface area contributed by atoms with Crippen LogP contribution >= 0.6 is 0 Å². The first-order valence-corrected chi connectivity index (χ1v) is 9.16. The molecule has 3 heterocycles. The van der Waals surface area contributed by atoms with Gasteiger partial charge in [-0.25, -0.2) is 14.6 Å². The molecule has 3 aromatic heterocycles. The van der Waals surface area contributed by atoms with Crippen molar-refractivity contribution in [2.75, 3.05) is 5.73 Å². The molecule has 0 spiro atoms. The molecule has 0 radical (unpaired) electrons. The smallest absolute Gasteiger partial charge is 0.271 e. The second-order valence-corrected chi connectivity index (χ2v) is 6.04. The maximum absolute atomic E-state index is 12.5. The molecular formula is C20H23N7O. The van der Waals surface area contributed by atoms with Gasteiger partial charge in [-0.05, 0) is 26.0 Å². The molecule has 1 unspecified atom stereocenters. The van der Waals surface area contributed by atoms with Crippen molar-refractivity contribution in [3.8, 4) is 5.69 Å². The van der Waals surface area contributed by atoms with Gasteiger partial charge in [0.25, 0.3) is 5.56 Å². The third-order valence-corrected chi connectivity index (χ3v) is 4.36. The van der Waals surface area contributed by atoms with E-state index >= 15 is 0 Å². The van der Waals surface area contributed by atoms with E-state index < -0.39 is 0 Å². The minimum absolute atomic E-state index is 0.206. The lowest BCUT2D eigenvalue weighted by molar-refractivity contribution is 0.567. The number of fused-ring (bicyclic) bond motifs is 1. The molecule has 8 heteroatoms. The van der Waals surface area contributed by atoms with Crippen molar-refractivity contribution in [1.29, 1.82) is 0 Å². The lowest BCUT2D eigenvalue weighted by atomic mass is 10.1. The molecule has 2 N–H and O–H groups in total. The van der Waals surface area contributed by atoms with Gasteiger partial charge in [0.05, 0.1) is 29.0 Å². The first-order chi connectivity index (χ1) is 13.6. The Labute approximate surface area is 162 Å². The van der Waals surface area contributed by atoms with Gasteiger partial charge in [-0.3, -0.25) is 4.79 Å². The zero-order valence-electron chi connectivity index (χ0n) is 16.4. The molecule has 0 aliphatic heterocycles. The first kappa shape index (κ1) is 19.2. The Morgan fingerprint density at radius 1 is 1.11 bits per heavy atom. The number of nitrogen functional groups attached to an aromatic ring is 1. The van der Waals surface area contributed by atoms with E-state index in [0.717, 1.165) is 22.3 Å². The van der Waals surface area contributed by atoms with Crippen LogP contribution in [0.15, 0.2) is 53.7 Å². The minimum Gasteiger partial charge on any atom is -0.383 e. The topological polar surface area (TPSA) is 105 Å². The Morgan fingerprint density at radius 3 is 2.50 bits per heavy atom. The average Bonchev–Trinajstić information content (AvgIpc) is 3.07. The molecule has 0 aliphatic carbocycles. The fraction of sp³-hybridized carbons (Fsp3) is 0.250. The molecule has 4 rings (SSSR count). The number of aryl methyl sites for hydroxylation is 1. The summed E-state index contributed by atoms with van der Waals surface area (Å²) in [4.78, 5) is 20.8. The lowest BCUT2D eigenvalue weighted by Crippen LogP contribution is -2.22. The number of nitrogens with zero attached hydrogens (tertiary/aromatic N) is 6. The van der Waals surface area contributed by atoms with Gasteiger partial charge in [0, 0.05) is 11.6 Å². The normalized spacial score (nSPS) is 11.7. The molecule has 1 atom stereocenters. The Bertz CT molecular complexity index is 1150. The number of anilines is 1. The minimum atomic E-state index is -0.230. The summed E-state index contributed by atoms with van der Waals surface area (Å²) in [6.07, 6.45) is 3.08. The molecule has 0 saturated heterocycles. The van der Waals surface area contributed by atoms with Crippen LogP contribution in [-0.2, 0) is 0 Å². The van der Waals surface area contributed by atoms with Gasteiger partial charge in [-0.15, -0.1) is 0 Å². The summed E-state index contributed by atoms with van der Waals surface area (Å²) in [6.45, 7) is 7.80. The van der Waals surface area contributed by atoms with Crippen molar-refractivity contribution in [1.82, 2.24) is 29.5 Å². The highest BCUT2D eigenvalue weighted by Gasteiger charge is 2.18. The highest BCUT2D eigenvalue weighted by molar-refractivity contribution is 5.88. The molecule has 0 fully saturated rings. The van der Waals surface area contributed by atoms with E-state index in [9.17, 15) is 4.79 Å². The van der Waals surface area contributed by atoms with E-state index in [0.29, 0.717) is 11.5 Å². The second-order valence-electron chi connectivity index (χ2n) is 6.04. The van der Waals surface area contributed by atoms with E-state index in [2.05, 4.69) is 20.2 Å². The van der Waals surface area contributed by atoms with E-state index in [1.165, 1.54) is 11.0 Å². The Balaban J connectivity index is 0.00000109. The van der Waals surface area contributed by atoms with Gasteiger partial charge in [0.2, 0.25) is 0 Å². The number of aromatic nitrogens is 6. The van der Waals surface area contributed by atoms with Crippen LogP contribution in [0, 0.1) is 6.92 Å². The number of hydrogen-bond donors (Lipinski definition) is 1. The summed E-state index contributed by atoms with van der Waals surface area (Å²) in [5, 5.41) is 9.57. The monoisotopic (exact) mass is 377 g/mol. The van der Waals surface area contributed by atoms with E-state index in [1.807, 2.05) is 58.0 Å². The van der Waals surface area contributed by atoms with Gasteiger partial charge in [0.1, 0.15) is 12.1 Å². The van der Waals surface area contributed by atoms with Gasteiger partial charge in [0.15, 0.2) is 5.65 Å². The van der Waals surface area contributed by atoms with Crippen molar-refractivity contribution < 1.29 is 0 Å². The maximum atomic E-state index is 12.5. The fourth-order valence-corrected chi connectivity index (χ4v) is 2.99. The maximum Gasteiger partial charge on any atom is 0.271 e. The zero-order valence-corrected chi connectivity index (χ0v) is 16.4. The summed E-state index contributed by atoms with van der Waals surface area (Å²) in [7, 11) is 0. The molecule has 0 saturated carbocycles. The molecule has 0 amide bonds. The van der Waals surface area contributed by atoms with E-state index in [1.54, 1.807) is 16.9 Å². The summed E-state index contributed by atoms with van der Waals surface area (Å²) in [5.41, 5.74) is 8.58. The largest absolute Gasteiger partial charge is 0.383 e. The van der Waals surface area contributed by atoms with E-state index in [4.69, 9.17) is 5.73 Å². The Kier molecular flexibility index (Phi) is 5.49. The number of para-hydroxylation sites is 1. The first-order valence-electron chi connectivity index (χ1n) is 9.16. The number of nitrogens with two attached hydrogens (primary N) is 1. The second kappa shape index (κ2) is 7.99. The van der Waals surface area contributed by atoms with Crippen LogP contribution in [0.25, 0.3) is 16.7 Å². The number of benzene rings is 1. The van der Waals surface area contributed by atoms with Crippen LogP contribution in [0.5, 0.6) is 0 Å². The third kappa shape index (κ3) is 3.36. The fourth-order valence-electron chi connectivity index (χ4n) is 2.99. The summed E-state index contributed by atoms with van der Waals surface area (Å²) in [6, 6.07) is 10.6. The van der Waals surface area contributed by atoms with Crippen LogP contribution in [0.2, 0.25) is 0 Å². The van der Waals surface area contributed by atoms with E-state index in [-0.39, 0.29) is 11.6 Å². The summed E-state index contributed by atoms with van der Waals surface area (Å²) in [5.74, 6) is 0.392. The Hall–Kier alpha value is -3.55. The van der Waals surface area contributed by atoms with Crippen molar-refractivity contribution in [2.24, 2.45) is 0 Å². The highest BCUT2D eigenvalue weighted by Crippen LogP contribution is 2.25. The average molecular weight is 377 g/mol. The SMILES string of the molecule is CC.Cc1nn(C(C)c2cnn(-c3ccccc3)c(=O)c2)c2ncnc(N)c12. The molecular weight excluding hydrogens is 354 g/mol. The van der Waals surface area contributed by atoms with Crippen molar-refractivity contribution in [3.05, 3.63) is 70.5 Å². The van der Waals surface area contributed by atoms with Gasteiger partial charge < -0.3 is 5.73 Å². The number of rotatable bonds is 3. The quantitative estimate of drug-likeness (QED) is 0.589. The molecule has 0 aliphatic rings. The summed E-state index contributed by atoms with van der Waals surface area (Å²) < 4.78 is 3.11. The predicted octanol–water partition coefficient (Wildman–Crippen LogP) is 2.90. The van der Waals surface area contributed by atoms with Crippen LogP contribution in [0.4, 0.5) is 5.82 Å². The van der Waals surface area contributed by atoms with Gasteiger partial charge >= 0.3 is 0 Å².